The fourth-order valence-electron chi connectivity index (χ4n) is 5.40. The predicted octanol–water partition coefficient (Wildman–Crippen LogP) is 4.02. The van der Waals surface area contributed by atoms with Gasteiger partial charge in [-0.3, -0.25) is 4.79 Å². The average molecular weight is 523 g/mol. The Balaban J connectivity index is 1.44. The molecule has 2 aromatic carbocycles. The number of fused-ring (bicyclic) bond motifs is 2. The number of rotatable bonds is 5. The third kappa shape index (κ3) is 5.79. The summed E-state index contributed by atoms with van der Waals surface area (Å²) in [5.74, 6) is 1.25. The van der Waals surface area contributed by atoms with E-state index in [1.807, 2.05) is 25.1 Å². The summed E-state index contributed by atoms with van der Waals surface area (Å²) in [5, 5.41) is 7.53. The Bertz CT molecular complexity index is 1500. The second-order valence-corrected chi connectivity index (χ2v) is 10.2. The zero-order chi connectivity index (χ0) is 27.4. The number of hydrogen-bond donors (Lipinski definition) is 2. The van der Waals surface area contributed by atoms with E-state index >= 15 is 0 Å². The van der Waals surface area contributed by atoms with Gasteiger partial charge in [-0.1, -0.05) is 12.5 Å². The van der Waals surface area contributed by atoms with Crippen LogP contribution >= 0.6 is 0 Å². The fourth-order valence-corrected chi connectivity index (χ4v) is 5.40. The number of methoxy groups -OCH3 is 1. The average Bonchev–Trinajstić information content (AvgIpc) is 2.96. The standard InChI is InChI=1S/C31H34N6O2/c1-5-33-28(39-4)14-20(2)24-13-21(3)29-27(16-24)30(35-19-34-29)37-12-10-22-8-9-23(15-25(22)18-37)31(38)36-26-7-6-11-32-17-26/h1,8-9,13-16,19,26,32H,6-7,10-12,17-18H2,2-4H3,(H,36,38). The molecule has 2 aliphatic heterocycles. The molecule has 1 unspecified atom stereocenters. The van der Waals surface area contributed by atoms with Gasteiger partial charge in [0.2, 0.25) is 5.90 Å². The van der Waals surface area contributed by atoms with Crippen LogP contribution in [0.15, 0.2) is 47.7 Å². The van der Waals surface area contributed by atoms with E-state index in [4.69, 9.17) is 16.1 Å². The van der Waals surface area contributed by atoms with Gasteiger partial charge in [-0.2, -0.15) is 4.99 Å². The maximum atomic E-state index is 13.0. The molecule has 39 heavy (non-hydrogen) atoms. The highest BCUT2D eigenvalue weighted by Crippen LogP contribution is 2.32. The summed E-state index contributed by atoms with van der Waals surface area (Å²) in [6.45, 7) is 7.41. The molecule has 5 rings (SSSR count). The number of terminal acetylenes is 1. The number of carbonyl (C=O) groups is 1. The first kappa shape index (κ1) is 26.4. The van der Waals surface area contributed by atoms with Crippen molar-refractivity contribution < 1.29 is 9.53 Å². The molecular weight excluding hydrogens is 488 g/mol. The maximum Gasteiger partial charge on any atom is 0.251 e. The first-order valence-corrected chi connectivity index (χ1v) is 13.4. The van der Waals surface area contributed by atoms with Crippen LogP contribution in [0.2, 0.25) is 0 Å². The van der Waals surface area contributed by atoms with Crippen molar-refractivity contribution in [2.75, 3.05) is 31.6 Å². The molecule has 8 nitrogen and oxygen atoms in total. The number of allylic oxidation sites excluding steroid dienone is 1. The highest BCUT2D eigenvalue weighted by molar-refractivity contribution is 5.99. The SMILES string of the molecule is C#CN=C(C=C(C)c1cc(C)c2ncnc(N3CCc4ccc(C(=O)NC5CCCNC5)cc4C3)c2c1)OC. The number of carbonyl (C=O) groups excluding carboxylic acids is 1. The second-order valence-electron chi connectivity index (χ2n) is 10.2. The number of piperidine rings is 1. The Morgan fingerprint density at radius 3 is 2.90 bits per heavy atom. The molecule has 0 radical (unpaired) electrons. The lowest BCUT2D eigenvalue weighted by Gasteiger charge is -2.31. The van der Waals surface area contributed by atoms with Gasteiger partial charge in [0, 0.05) is 48.7 Å². The van der Waals surface area contributed by atoms with Gasteiger partial charge in [0.15, 0.2) is 0 Å². The quantitative estimate of drug-likeness (QED) is 0.299. The van der Waals surface area contributed by atoms with E-state index in [1.54, 1.807) is 13.4 Å². The van der Waals surface area contributed by atoms with E-state index < -0.39 is 0 Å². The normalized spacial score (nSPS) is 17.9. The van der Waals surface area contributed by atoms with Gasteiger partial charge in [0.05, 0.1) is 12.6 Å². The fraction of sp³-hybridized carbons (Fsp3) is 0.355. The Kier molecular flexibility index (Phi) is 7.89. The van der Waals surface area contributed by atoms with Gasteiger partial charge in [-0.25, -0.2) is 9.97 Å². The molecule has 200 valence electrons. The van der Waals surface area contributed by atoms with Gasteiger partial charge in [-0.05, 0) is 91.7 Å². The minimum Gasteiger partial charge on any atom is -0.481 e. The third-order valence-corrected chi connectivity index (χ3v) is 7.50. The molecule has 0 bridgehead atoms. The highest BCUT2D eigenvalue weighted by atomic mass is 16.5. The van der Waals surface area contributed by atoms with Crippen LogP contribution in [0.5, 0.6) is 0 Å². The molecular formula is C31H34N6O2. The lowest BCUT2D eigenvalue weighted by Crippen LogP contribution is -2.45. The maximum absolute atomic E-state index is 13.0. The molecule has 2 N–H and O–H groups in total. The molecule has 3 aromatic rings. The molecule has 1 saturated heterocycles. The Hall–Kier alpha value is -4.22. The molecule has 0 aliphatic carbocycles. The summed E-state index contributed by atoms with van der Waals surface area (Å²) in [4.78, 5) is 28.5. The van der Waals surface area contributed by atoms with Crippen LogP contribution in [0.3, 0.4) is 0 Å². The molecule has 2 aliphatic rings. The summed E-state index contributed by atoms with van der Waals surface area (Å²) < 4.78 is 5.29. The van der Waals surface area contributed by atoms with Crippen molar-refractivity contribution in [2.24, 2.45) is 4.99 Å². The molecule has 0 spiro atoms. The van der Waals surface area contributed by atoms with Crippen LogP contribution in [0.1, 0.15) is 52.4 Å². The number of nitrogens with zero attached hydrogens (tertiary/aromatic N) is 4. The molecule has 1 aromatic heterocycles. The van der Waals surface area contributed by atoms with E-state index in [9.17, 15) is 4.79 Å². The minimum absolute atomic E-state index is 0.0116. The lowest BCUT2D eigenvalue weighted by molar-refractivity contribution is 0.0930. The van der Waals surface area contributed by atoms with Crippen LogP contribution in [-0.4, -0.2) is 54.6 Å². The van der Waals surface area contributed by atoms with Crippen LogP contribution in [0.25, 0.3) is 16.5 Å². The minimum atomic E-state index is -0.0116. The Labute approximate surface area is 229 Å². The molecule has 0 saturated carbocycles. The number of hydrogen-bond acceptors (Lipinski definition) is 7. The van der Waals surface area contributed by atoms with Gasteiger partial charge in [0.1, 0.15) is 12.1 Å². The molecule has 8 heteroatoms. The van der Waals surface area contributed by atoms with Crippen molar-refractivity contribution in [1.82, 2.24) is 20.6 Å². The summed E-state index contributed by atoms with van der Waals surface area (Å²) in [6.07, 6.45) is 11.8. The summed E-state index contributed by atoms with van der Waals surface area (Å²) in [5.41, 5.74) is 7.10. The van der Waals surface area contributed by atoms with E-state index in [0.717, 1.165) is 77.9 Å². The van der Waals surface area contributed by atoms with Crippen LogP contribution in [0, 0.1) is 19.4 Å². The van der Waals surface area contributed by atoms with Crippen LogP contribution in [0.4, 0.5) is 5.82 Å². The highest BCUT2D eigenvalue weighted by Gasteiger charge is 2.23. The number of amides is 1. The zero-order valence-electron chi connectivity index (χ0n) is 22.8. The first-order valence-electron chi connectivity index (χ1n) is 13.4. The monoisotopic (exact) mass is 522 g/mol. The van der Waals surface area contributed by atoms with Crippen molar-refractivity contribution in [2.45, 2.75) is 45.7 Å². The Morgan fingerprint density at radius 1 is 1.26 bits per heavy atom. The summed E-state index contributed by atoms with van der Waals surface area (Å²) in [6, 6.07) is 12.8. The number of anilines is 1. The van der Waals surface area contributed by atoms with Crippen molar-refractivity contribution in [3.05, 3.63) is 70.6 Å². The molecule has 3 heterocycles. The molecule has 1 amide bonds. The lowest BCUT2D eigenvalue weighted by atomic mass is 9.96. The number of aliphatic imine (C=N–C) groups is 1. The zero-order valence-corrected chi connectivity index (χ0v) is 22.8. The number of ether oxygens (including phenoxy) is 1. The van der Waals surface area contributed by atoms with Gasteiger partial charge >= 0.3 is 0 Å². The number of benzene rings is 2. The van der Waals surface area contributed by atoms with E-state index in [1.165, 1.54) is 5.56 Å². The number of nitrogens with one attached hydrogen (secondary N) is 2. The van der Waals surface area contributed by atoms with Crippen molar-refractivity contribution in [3.63, 3.8) is 0 Å². The summed E-state index contributed by atoms with van der Waals surface area (Å²) in [7, 11) is 1.55. The largest absolute Gasteiger partial charge is 0.481 e. The Morgan fingerprint density at radius 2 is 2.13 bits per heavy atom. The van der Waals surface area contributed by atoms with Crippen molar-refractivity contribution in [1.29, 1.82) is 0 Å². The molecule has 1 atom stereocenters. The number of aryl methyl sites for hydroxylation is 1. The summed E-state index contributed by atoms with van der Waals surface area (Å²) >= 11 is 0. The van der Waals surface area contributed by atoms with E-state index in [2.05, 4.69) is 56.7 Å². The van der Waals surface area contributed by atoms with E-state index in [-0.39, 0.29) is 11.9 Å². The van der Waals surface area contributed by atoms with Crippen molar-refractivity contribution in [3.8, 4) is 12.5 Å². The first-order chi connectivity index (χ1) is 19.0. The topological polar surface area (TPSA) is 91.7 Å². The van der Waals surface area contributed by atoms with Gasteiger partial charge < -0.3 is 20.3 Å². The second kappa shape index (κ2) is 11.7. The van der Waals surface area contributed by atoms with Crippen LogP contribution in [-0.2, 0) is 17.7 Å². The molecule has 1 fully saturated rings. The van der Waals surface area contributed by atoms with E-state index in [0.29, 0.717) is 18.0 Å². The van der Waals surface area contributed by atoms with Gasteiger partial charge in [-0.15, -0.1) is 0 Å². The van der Waals surface area contributed by atoms with Gasteiger partial charge in [0.25, 0.3) is 5.91 Å². The number of aromatic nitrogens is 2. The third-order valence-electron chi connectivity index (χ3n) is 7.50. The smallest absolute Gasteiger partial charge is 0.251 e. The van der Waals surface area contributed by atoms with Crippen LogP contribution < -0.4 is 15.5 Å². The predicted molar refractivity (Wildman–Crippen MR) is 156 cm³/mol. The van der Waals surface area contributed by atoms with Crippen molar-refractivity contribution >= 4 is 34.1 Å².